The molecular formula is C44H29N3O4. The van der Waals surface area contributed by atoms with E-state index in [1.165, 1.54) is 0 Å². The van der Waals surface area contributed by atoms with E-state index in [-0.39, 0.29) is 5.56 Å². The average Bonchev–Trinajstić information content (AvgIpc) is 3.68. The van der Waals surface area contributed by atoms with E-state index in [1.807, 2.05) is 48.5 Å². The van der Waals surface area contributed by atoms with Crippen molar-refractivity contribution < 1.29 is 19.4 Å². The minimum atomic E-state index is -0.947. The fourth-order valence-electron chi connectivity index (χ4n) is 7.26. The summed E-state index contributed by atoms with van der Waals surface area (Å²) < 4.78 is 9.47. The molecule has 0 fully saturated rings. The molecule has 2 heterocycles. The van der Waals surface area contributed by atoms with Crippen LogP contribution in [0, 0.1) is 0 Å². The zero-order valence-electron chi connectivity index (χ0n) is 27.2. The number of anilines is 3. The lowest BCUT2D eigenvalue weighted by atomic mass is 10.1. The first-order valence-corrected chi connectivity index (χ1v) is 16.5. The van der Waals surface area contributed by atoms with Crippen molar-refractivity contribution in [3.63, 3.8) is 0 Å². The Labute approximate surface area is 292 Å². The predicted molar refractivity (Wildman–Crippen MR) is 203 cm³/mol. The number of para-hydroxylation sites is 3. The third kappa shape index (κ3) is 4.99. The molecule has 0 aliphatic rings. The number of benzene rings is 7. The topological polar surface area (TPSA) is 76.7 Å². The molecule has 0 bridgehead atoms. The number of aromatic carboxylic acids is 1. The van der Waals surface area contributed by atoms with Crippen LogP contribution in [0.4, 0.5) is 17.1 Å². The number of fused-ring (bicyclic) bond motifs is 6. The van der Waals surface area contributed by atoms with Gasteiger partial charge in [0.05, 0.1) is 27.6 Å². The summed E-state index contributed by atoms with van der Waals surface area (Å²) in [7, 11) is 0. The van der Waals surface area contributed by atoms with Crippen LogP contribution in [0.15, 0.2) is 164 Å². The van der Waals surface area contributed by atoms with Gasteiger partial charge in [-0.15, -0.1) is 0 Å². The van der Waals surface area contributed by atoms with E-state index in [9.17, 15) is 14.7 Å². The Balaban J connectivity index is 1.23. The van der Waals surface area contributed by atoms with E-state index in [2.05, 4.69) is 105 Å². The van der Waals surface area contributed by atoms with E-state index in [1.54, 1.807) is 24.3 Å². The maximum absolute atomic E-state index is 11.6. The lowest BCUT2D eigenvalue weighted by molar-refractivity contribution is -0.120. The summed E-state index contributed by atoms with van der Waals surface area (Å²) in [4.78, 5) is 24.7. The molecular weight excluding hydrogens is 635 g/mol. The largest absolute Gasteiger partial charge is 0.478 e. The zero-order chi connectivity index (χ0) is 34.5. The smallest absolute Gasteiger partial charge is 0.335 e. The van der Waals surface area contributed by atoms with E-state index in [4.69, 9.17) is 4.74 Å². The number of aromatic nitrogens is 2. The van der Waals surface area contributed by atoms with Crippen molar-refractivity contribution in [2.75, 3.05) is 4.90 Å². The molecule has 0 atom stereocenters. The van der Waals surface area contributed by atoms with Gasteiger partial charge in [0.1, 0.15) is 5.75 Å². The van der Waals surface area contributed by atoms with Gasteiger partial charge in [-0.3, -0.25) is 4.79 Å². The van der Waals surface area contributed by atoms with Gasteiger partial charge in [-0.05, 0) is 109 Å². The average molecular weight is 664 g/mol. The second kappa shape index (κ2) is 12.1. The molecule has 0 saturated heterocycles. The molecule has 9 aromatic rings. The number of carboxylic acid groups (broad SMARTS) is 1. The summed E-state index contributed by atoms with van der Waals surface area (Å²) in [5, 5.41) is 13.9. The Morgan fingerprint density at radius 3 is 1.49 bits per heavy atom. The van der Waals surface area contributed by atoms with Crippen LogP contribution in [0.25, 0.3) is 55.0 Å². The highest BCUT2D eigenvalue weighted by Gasteiger charge is 2.20. The van der Waals surface area contributed by atoms with Gasteiger partial charge < -0.3 is 23.9 Å². The fraction of sp³-hybridized carbons (Fsp3) is 0. The normalized spacial score (nSPS) is 11.4. The van der Waals surface area contributed by atoms with Crippen molar-refractivity contribution in [2.24, 2.45) is 0 Å². The van der Waals surface area contributed by atoms with Crippen molar-refractivity contribution in [3.8, 4) is 17.1 Å². The minimum Gasteiger partial charge on any atom is -0.478 e. The van der Waals surface area contributed by atoms with Crippen molar-refractivity contribution in [1.29, 1.82) is 0 Å². The summed E-state index contributed by atoms with van der Waals surface area (Å²) in [6, 6.07) is 54.7. The van der Waals surface area contributed by atoms with Gasteiger partial charge in [0.15, 0.2) is 0 Å². The number of nitrogens with zero attached hydrogens (tertiary/aromatic N) is 3. The molecule has 0 aliphatic carbocycles. The van der Waals surface area contributed by atoms with E-state index in [0.29, 0.717) is 12.2 Å². The Morgan fingerprint density at radius 1 is 0.510 bits per heavy atom. The number of hydrogen-bond acceptors (Lipinski definition) is 4. The van der Waals surface area contributed by atoms with Crippen LogP contribution in [-0.4, -0.2) is 26.7 Å². The fourth-order valence-corrected chi connectivity index (χ4v) is 7.26. The van der Waals surface area contributed by atoms with Crippen LogP contribution in [0.5, 0.6) is 5.75 Å². The molecule has 244 valence electrons. The van der Waals surface area contributed by atoms with E-state index < -0.39 is 5.97 Å². The third-order valence-corrected chi connectivity index (χ3v) is 9.49. The second-order valence-corrected chi connectivity index (χ2v) is 12.3. The van der Waals surface area contributed by atoms with Crippen LogP contribution >= 0.6 is 0 Å². The maximum Gasteiger partial charge on any atom is 0.335 e. The SMILES string of the molecule is O=COc1ccc(-n2c3ccccc3c3cc(N(c4ccccc4)c4ccc5c(c4)c4ccccc4n5-c4ccc(C(=O)O)cc4)ccc32)cc1. The number of ether oxygens (including phenoxy) is 1. The summed E-state index contributed by atoms with van der Waals surface area (Å²) in [5.74, 6) is -0.455. The summed E-state index contributed by atoms with van der Waals surface area (Å²) in [5.41, 5.74) is 9.36. The molecule has 0 saturated carbocycles. The number of carboxylic acids is 1. The third-order valence-electron chi connectivity index (χ3n) is 9.49. The zero-order valence-corrected chi connectivity index (χ0v) is 27.2. The van der Waals surface area contributed by atoms with E-state index >= 15 is 0 Å². The quantitative estimate of drug-likeness (QED) is 0.164. The summed E-state index contributed by atoms with van der Waals surface area (Å²) >= 11 is 0. The molecule has 1 N–H and O–H groups in total. The van der Waals surface area contributed by atoms with Crippen LogP contribution in [-0.2, 0) is 4.79 Å². The maximum atomic E-state index is 11.6. The van der Waals surface area contributed by atoms with Gasteiger partial charge in [0.2, 0.25) is 0 Å². The monoisotopic (exact) mass is 663 g/mol. The number of hydrogen-bond donors (Lipinski definition) is 1. The van der Waals surface area contributed by atoms with Gasteiger partial charge >= 0.3 is 5.97 Å². The highest BCUT2D eigenvalue weighted by molar-refractivity contribution is 6.12. The first kappa shape index (κ1) is 30.0. The van der Waals surface area contributed by atoms with Gasteiger partial charge in [-0.25, -0.2) is 4.79 Å². The molecule has 7 heteroatoms. The molecule has 0 spiro atoms. The molecule has 0 radical (unpaired) electrons. The van der Waals surface area contributed by atoms with Crippen LogP contribution in [0.2, 0.25) is 0 Å². The Hall–Kier alpha value is -7.12. The molecule has 7 aromatic carbocycles. The molecule has 0 aliphatic heterocycles. The van der Waals surface area contributed by atoms with Crippen molar-refractivity contribution in [1.82, 2.24) is 9.13 Å². The number of rotatable bonds is 8. The van der Waals surface area contributed by atoms with E-state index in [0.717, 1.165) is 72.0 Å². The minimum absolute atomic E-state index is 0.252. The number of carbonyl (C=O) groups excluding carboxylic acids is 1. The number of carbonyl (C=O) groups is 2. The lowest BCUT2D eigenvalue weighted by Crippen LogP contribution is -2.09. The standard InChI is InChI=1S/C44H29N3O4/c48-28-51-35-22-18-32(19-23-35)47-41-13-7-5-11-37(41)39-27-34(21-25-43(39)47)45(30-8-2-1-3-9-30)33-20-24-42-38(26-33)36-10-4-6-12-40(36)46(42)31-16-14-29(15-17-31)44(49)50/h1-28H,(H,49,50). The van der Waals surface area contributed by atoms with Crippen LogP contribution in [0.1, 0.15) is 10.4 Å². The highest BCUT2D eigenvalue weighted by Crippen LogP contribution is 2.42. The summed E-state index contributed by atoms with van der Waals surface area (Å²) in [6.07, 6.45) is 0. The molecule has 0 unspecified atom stereocenters. The highest BCUT2D eigenvalue weighted by atomic mass is 16.5. The Kier molecular flexibility index (Phi) is 7.10. The summed E-state index contributed by atoms with van der Waals surface area (Å²) in [6.45, 7) is 0.437. The van der Waals surface area contributed by atoms with Crippen LogP contribution in [0.3, 0.4) is 0 Å². The van der Waals surface area contributed by atoms with Crippen LogP contribution < -0.4 is 9.64 Å². The molecule has 2 aromatic heterocycles. The first-order valence-electron chi connectivity index (χ1n) is 16.5. The molecule has 7 nitrogen and oxygen atoms in total. The molecule has 0 amide bonds. The van der Waals surface area contributed by atoms with Gasteiger partial charge in [0.25, 0.3) is 6.47 Å². The predicted octanol–water partition coefficient (Wildman–Crippen LogP) is 10.6. The van der Waals surface area contributed by atoms with Gasteiger partial charge in [-0.1, -0.05) is 54.6 Å². The Bertz CT molecular complexity index is 2760. The lowest BCUT2D eigenvalue weighted by Gasteiger charge is -2.26. The van der Waals surface area contributed by atoms with Crippen molar-refractivity contribution in [2.45, 2.75) is 0 Å². The van der Waals surface area contributed by atoms with Crippen molar-refractivity contribution in [3.05, 3.63) is 169 Å². The Morgan fingerprint density at radius 2 is 0.980 bits per heavy atom. The van der Waals surface area contributed by atoms with Crippen molar-refractivity contribution >= 4 is 73.1 Å². The van der Waals surface area contributed by atoms with Gasteiger partial charge in [-0.2, -0.15) is 0 Å². The second-order valence-electron chi connectivity index (χ2n) is 12.3. The van der Waals surface area contributed by atoms with Gasteiger partial charge in [0, 0.05) is 50.0 Å². The first-order chi connectivity index (χ1) is 25.1. The molecule has 9 rings (SSSR count). The molecule has 51 heavy (non-hydrogen) atoms.